The number of nitrogens with one attached hydrogen (secondary N) is 1. The zero-order valence-electron chi connectivity index (χ0n) is 18.5. The molecule has 8 heteroatoms. The summed E-state index contributed by atoms with van der Waals surface area (Å²) >= 11 is 0. The van der Waals surface area contributed by atoms with Gasteiger partial charge in [-0.05, 0) is 42.0 Å². The van der Waals surface area contributed by atoms with Crippen LogP contribution in [0.5, 0.6) is 5.75 Å². The third-order valence-corrected chi connectivity index (χ3v) is 5.44. The molecule has 0 saturated heterocycles. The average molecular weight is 445 g/mol. The van der Waals surface area contributed by atoms with Crippen LogP contribution in [0.3, 0.4) is 0 Å². The van der Waals surface area contributed by atoms with E-state index in [1.165, 1.54) is 11.8 Å². The Balaban J connectivity index is 1.50. The van der Waals surface area contributed by atoms with Crippen molar-refractivity contribution < 1.29 is 19.1 Å². The summed E-state index contributed by atoms with van der Waals surface area (Å²) in [7, 11) is 3.19. The number of amides is 1. The maximum atomic E-state index is 12.9. The second kappa shape index (κ2) is 9.04. The SMILES string of the molecule is COc1cc2ccccc2cc1C(=O)OCC(=O)Nc1c(C)n(C)n(-c2ccccc2)c1=O. The molecule has 4 aromatic rings. The van der Waals surface area contributed by atoms with Crippen molar-refractivity contribution in [2.75, 3.05) is 19.0 Å². The molecule has 1 heterocycles. The molecule has 0 spiro atoms. The first-order chi connectivity index (χ1) is 15.9. The Bertz CT molecular complexity index is 1400. The molecule has 0 aliphatic rings. The number of benzene rings is 3. The Morgan fingerprint density at radius 1 is 0.970 bits per heavy atom. The van der Waals surface area contributed by atoms with E-state index < -0.39 is 18.5 Å². The smallest absolute Gasteiger partial charge is 0.342 e. The van der Waals surface area contributed by atoms with Crippen LogP contribution in [0, 0.1) is 6.92 Å². The second-order valence-corrected chi connectivity index (χ2v) is 7.46. The van der Waals surface area contributed by atoms with Crippen molar-refractivity contribution in [2.24, 2.45) is 7.05 Å². The molecule has 0 bridgehead atoms. The lowest BCUT2D eigenvalue weighted by atomic mass is 10.1. The van der Waals surface area contributed by atoms with E-state index in [9.17, 15) is 14.4 Å². The van der Waals surface area contributed by atoms with Gasteiger partial charge in [-0.25, -0.2) is 9.48 Å². The van der Waals surface area contributed by atoms with Crippen LogP contribution >= 0.6 is 0 Å². The van der Waals surface area contributed by atoms with Crippen molar-refractivity contribution in [3.8, 4) is 11.4 Å². The fourth-order valence-electron chi connectivity index (χ4n) is 3.64. The van der Waals surface area contributed by atoms with Gasteiger partial charge in [-0.1, -0.05) is 42.5 Å². The van der Waals surface area contributed by atoms with Gasteiger partial charge in [-0.15, -0.1) is 0 Å². The summed E-state index contributed by atoms with van der Waals surface area (Å²) in [6.07, 6.45) is 0. The van der Waals surface area contributed by atoms with Crippen LogP contribution in [0.4, 0.5) is 5.69 Å². The number of rotatable bonds is 6. The largest absolute Gasteiger partial charge is 0.496 e. The van der Waals surface area contributed by atoms with Crippen molar-refractivity contribution >= 4 is 28.3 Å². The maximum Gasteiger partial charge on any atom is 0.342 e. The fourth-order valence-corrected chi connectivity index (χ4v) is 3.64. The van der Waals surface area contributed by atoms with Crippen molar-refractivity contribution in [3.05, 3.63) is 88.3 Å². The number of carbonyl (C=O) groups is 2. The molecule has 3 aromatic carbocycles. The molecule has 0 aliphatic carbocycles. The topological polar surface area (TPSA) is 91.6 Å². The molecular weight excluding hydrogens is 422 g/mol. The molecule has 168 valence electrons. The highest BCUT2D eigenvalue weighted by atomic mass is 16.5. The Morgan fingerprint density at radius 3 is 2.27 bits per heavy atom. The quantitative estimate of drug-likeness (QED) is 0.459. The third-order valence-electron chi connectivity index (χ3n) is 5.44. The van der Waals surface area contributed by atoms with Gasteiger partial charge in [-0.3, -0.25) is 14.3 Å². The number of hydrogen-bond acceptors (Lipinski definition) is 5. The lowest BCUT2D eigenvalue weighted by Gasteiger charge is -2.10. The van der Waals surface area contributed by atoms with E-state index >= 15 is 0 Å². The van der Waals surface area contributed by atoms with E-state index in [1.54, 1.807) is 42.9 Å². The minimum Gasteiger partial charge on any atom is -0.496 e. The number of esters is 1. The highest BCUT2D eigenvalue weighted by Gasteiger charge is 2.20. The first-order valence-corrected chi connectivity index (χ1v) is 10.3. The summed E-state index contributed by atoms with van der Waals surface area (Å²) in [6.45, 7) is 1.18. The molecule has 0 aliphatic heterocycles. The Labute approximate surface area is 189 Å². The lowest BCUT2D eigenvalue weighted by molar-refractivity contribution is -0.119. The molecule has 4 rings (SSSR count). The molecule has 0 fully saturated rings. The molecule has 33 heavy (non-hydrogen) atoms. The predicted octanol–water partition coefficient (Wildman–Crippen LogP) is 3.44. The normalized spacial score (nSPS) is 10.8. The molecule has 0 saturated carbocycles. The molecule has 1 amide bonds. The first-order valence-electron chi connectivity index (χ1n) is 10.3. The van der Waals surface area contributed by atoms with E-state index in [0.29, 0.717) is 17.1 Å². The highest BCUT2D eigenvalue weighted by Crippen LogP contribution is 2.26. The van der Waals surface area contributed by atoms with Crippen LogP contribution in [-0.4, -0.2) is 35.0 Å². The summed E-state index contributed by atoms with van der Waals surface area (Å²) in [5, 5.41) is 4.33. The molecule has 1 N–H and O–H groups in total. The van der Waals surface area contributed by atoms with Gasteiger partial charge in [0, 0.05) is 7.05 Å². The summed E-state index contributed by atoms with van der Waals surface area (Å²) in [4.78, 5) is 38.1. The second-order valence-electron chi connectivity index (χ2n) is 7.46. The lowest BCUT2D eigenvalue weighted by Crippen LogP contribution is -2.26. The van der Waals surface area contributed by atoms with E-state index in [4.69, 9.17) is 9.47 Å². The maximum absolute atomic E-state index is 12.9. The minimum absolute atomic E-state index is 0.130. The monoisotopic (exact) mass is 445 g/mol. The van der Waals surface area contributed by atoms with Crippen LogP contribution in [0.15, 0.2) is 71.5 Å². The predicted molar refractivity (Wildman–Crippen MR) is 125 cm³/mol. The Hall–Kier alpha value is -4.33. The van der Waals surface area contributed by atoms with Crippen LogP contribution in [0.25, 0.3) is 16.5 Å². The number of aromatic nitrogens is 2. The van der Waals surface area contributed by atoms with Crippen molar-refractivity contribution in [1.29, 1.82) is 0 Å². The highest BCUT2D eigenvalue weighted by molar-refractivity contribution is 6.00. The van der Waals surface area contributed by atoms with Crippen molar-refractivity contribution in [1.82, 2.24) is 9.36 Å². The number of hydrogen-bond donors (Lipinski definition) is 1. The van der Waals surface area contributed by atoms with Gasteiger partial charge in [-0.2, -0.15) is 0 Å². The van der Waals surface area contributed by atoms with Gasteiger partial charge in [0.05, 0.1) is 18.5 Å². The van der Waals surface area contributed by atoms with E-state index in [0.717, 1.165) is 10.8 Å². The van der Waals surface area contributed by atoms with Gasteiger partial charge < -0.3 is 14.8 Å². The molecule has 8 nitrogen and oxygen atoms in total. The molecule has 1 aromatic heterocycles. The summed E-state index contributed by atoms with van der Waals surface area (Å²) in [6, 6.07) is 20.0. The van der Waals surface area contributed by atoms with Crippen molar-refractivity contribution in [2.45, 2.75) is 6.92 Å². The van der Waals surface area contributed by atoms with Gasteiger partial charge in [0.25, 0.3) is 11.5 Å². The number of ether oxygens (including phenoxy) is 2. The summed E-state index contributed by atoms with van der Waals surface area (Å²) in [5.74, 6) is -0.961. The number of methoxy groups -OCH3 is 1. The van der Waals surface area contributed by atoms with Crippen LogP contribution < -0.4 is 15.6 Å². The van der Waals surface area contributed by atoms with E-state index in [2.05, 4.69) is 5.32 Å². The van der Waals surface area contributed by atoms with Crippen molar-refractivity contribution in [3.63, 3.8) is 0 Å². The number of anilines is 1. The molecule has 0 unspecified atom stereocenters. The van der Waals surface area contributed by atoms with E-state index in [1.807, 2.05) is 42.5 Å². The molecule has 0 atom stereocenters. The standard InChI is InChI=1S/C25H23N3O5/c1-16-23(24(30)28(27(16)2)19-11-5-4-6-12-19)26-22(29)15-33-25(31)20-13-17-9-7-8-10-18(17)14-21(20)32-3/h4-14H,15H2,1-3H3,(H,26,29). The summed E-state index contributed by atoms with van der Waals surface area (Å²) in [5.41, 5.74) is 1.21. The Morgan fingerprint density at radius 2 is 1.61 bits per heavy atom. The zero-order chi connectivity index (χ0) is 23.5. The zero-order valence-corrected chi connectivity index (χ0v) is 18.5. The number of carbonyl (C=O) groups excluding carboxylic acids is 2. The first kappa shape index (κ1) is 21.9. The van der Waals surface area contributed by atoms with Crippen LogP contribution in [0.2, 0.25) is 0 Å². The summed E-state index contributed by atoms with van der Waals surface area (Å²) < 4.78 is 13.6. The van der Waals surface area contributed by atoms with Gasteiger partial charge in [0.15, 0.2) is 6.61 Å². The number of nitrogens with zero attached hydrogens (tertiary/aromatic N) is 2. The van der Waals surface area contributed by atoms with Crippen LogP contribution in [-0.2, 0) is 16.6 Å². The number of para-hydroxylation sites is 1. The van der Waals surface area contributed by atoms with E-state index in [-0.39, 0.29) is 16.8 Å². The van der Waals surface area contributed by atoms with Crippen LogP contribution in [0.1, 0.15) is 16.1 Å². The molecular formula is C25H23N3O5. The Kier molecular flexibility index (Phi) is 5.99. The van der Waals surface area contributed by atoms with Gasteiger partial charge in [0.1, 0.15) is 17.0 Å². The minimum atomic E-state index is -0.695. The fraction of sp³-hybridized carbons (Fsp3) is 0.160. The average Bonchev–Trinajstić information content (AvgIpc) is 3.05. The van der Waals surface area contributed by atoms with Gasteiger partial charge >= 0.3 is 5.97 Å². The molecule has 0 radical (unpaired) electrons. The number of fused-ring (bicyclic) bond motifs is 1. The third kappa shape index (κ3) is 4.23. The van der Waals surface area contributed by atoms with Gasteiger partial charge in [0.2, 0.25) is 0 Å².